The van der Waals surface area contributed by atoms with Gasteiger partial charge in [0.25, 0.3) is 10.9 Å². The third-order valence-corrected chi connectivity index (χ3v) is 2.16. The quantitative estimate of drug-likeness (QED) is 0.473. The second kappa shape index (κ2) is 4.62. The van der Waals surface area contributed by atoms with Crippen LogP contribution in [0, 0.1) is 21.4 Å². The number of nitro groups is 1. The Bertz CT molecular complexity index is 578. The molecule has 0 bridgehead atoms. The smallest absolute Gasteiger partial charge is 0.276 e. The zero-order chi connectivity index (χ0) is 14.1. The van der Waals surface area contributed by atoms with Crippen LogP contribution in [0.15, 0.2) is 12.1 Å². The van der Waals surface area contributed by atoms with Gasteiger partial charge in [0.15, 0.2) is 5.56 Å². The first kappa shape index (κ1) is 13.9. The average molecular weight is 279 g/mol. The van der Waals surface area contributed by atoms with Crippen molar-refractivity contribution >= 4 is 22.5 Å². The number of nitro benzene ring substituents is 1. The minimum atomic E-state index is -5.08. The number of hydrogen-bond acceptors (Lipinski definition) is 4. The van der Waals surface area contributed by atoms with Gasteiger partial charge in [0.05, 0.1) is 10.5 Å². The van der Waals surface area contributed by atoms with Crippen LogP contribution >= 0.6 is 11.6 Å². The Morgan fingerprint density at radius 3 is 2.33 bits per heavy atom. The van der Waals surface area contributed by atoms with Crippen molar-refractivity contribution in [3.05, 3.63) is 38.9 Å². The number of halogens is 4. The van der Waals surface area contributed by atoms with E-state index >= 15 is 0 Å². The molecule has 0 saturated heterocycles. The maximum atomic E-state index is 12.6. The van der Waals surface area contributed by atoms with Gasteiger partial charge in [0, 0.05) is 11.6 Å². The van der Waals surface area contributed by atoms with E-state index in [2.05, 4.69) is 0 Å². The number of rotatable bonds is 2. The number of carbonyl (C=O) groups excluding carboxylic acids is 1. The van der Waals surface area contributed by atoms with Gasteiger partial charge >= 0.3 is 6.18 Å². The van der Waals surface area contributed by atoms with Crippen LogP contribution in [0.5, 0.6) is 0 Å². The van der Waals surface area contributed by atoms with Gasteiger partial charge in [-0.05, 0) is 17.7 Å². The minimum absolute atomic E-state index is 0.388. The first-order valence-electron chi connectivity index (χ1n) is 4.18. The van der Waals surface area contributed by atoms with Gasteiger partial charge in [0.1, 0.15) is 6.07 Å². The molecule has 0 aliphatic carbocycles. The molecule has 94 valence electrons. The van der Waals surface area contributed by atoms with Crippen molar-refractivity contribution < 1.29 is 22.9 Å². The molecule has 0 saturated carbocycles. The maximum absolute atomic E-state index is 12.6. The molecule has 0 atom stereocenters. The second-order valence-corrected chi connectivity index (χ2v) is 3.40. The van der Waals surface area contributed by atoms with Crippen LogP contribution in [0.1, 0.15) is 21.5 Å². The van der Waals surface area contributed by atoms with E-state index in [0.717, 1.165) is 6.07 Å². The summed E-state index contributed by atoms with van der Waals surface area (Å²) < 4.78 is 37.8. The molecule has 5 nitrogen and oxygen atoms in total. The molecule has 0 aromatic heterocycles. The highest BCUT2D eigenvalue weighted by molar-refractivity contribution is 6.67. The summed E-state index contributed by atoms with van der Waals surface area (Å²) >= 11 is 5.02. The van der Waals surface area contributed by atoms with E-state index in [1.54, 1.807) is 0 Å². The van der Waals surface area contributed by atoms with Gasteiger partial charge in [-0.2, -0.15) is 18.4 Å². The van der Waals surface area contributed by atoms with E-state index in [9.17, 15) is 28.1 Å². The number of hydrogen-bond donors (Lipinski definition) is 0. The molecule has 0 aliphatic heterocycles. The van der Waals surface area contributed by atoms with Crippen LogP contribution in [-0.4, -0.2) is 10.2 Å². The van der Waals surface area contributed by atoms with E-state index in [4.69, 9.17) is 16.9 Å². The molecule has 0 unspecified atom stereocenters. The van der Waals surface area contributed by atoms with Crippen LogP contribution < -0.4 is 0 Å². The minimum Gasteiger partial charge on any atom is -0.276 e. The van der Waals surface area contributed by atoms with Gasteiger partial charge in [-0.15, -0.1) is 0 Å². The van der Waals surface area contributed by atoms with Gasteiger partial charge in [-0.1, -0.05) is 0 Å². The molecule has 1 rings (SSSR count). The third-order valence-electron chi connectivity index (χ3n) is 1.95. The van der Waals surface area contributed by atoms with Gasteiger partial charge in [0.2, 0.25) is 0 Å². The zero-order valence-corrected chi connectivity index (χ0v) is 9.04. The molecule has 1 aromatic rings. The lowest BCUT2D eigenvalue weighted by Gasteiger charge is -2.09. The maximum Gasteiger partial charge on any atom is 0.424 e. The Morgan fingerprint density at radius 2 is 2.00 bits per heavy atom. The predicted octanol–water partition coefficient (Wildman–Crippen LogP) is 2.86. The highest BCUT2D eigenvalue weighted by Gasteiger charge is 2.41. The highest BCUT2D eigenvalue weighted by Crippen LogP contribution is 2.39. The lowest BCUT2D eigenvalue weighted by atomic mass is 10.0. The number of nitrogens with zero attached hydrogens (tertiary/aromatic N) is 2. The Balaban J connectivity index is 3.75. The first-order chi connectivity index (χ1) is 8.18. The molecule has 1 aromatic carbocycles. The summed E-state index contributed by atoms with van der Waals surface area (Å²) in [7, 11) is 0. The molecule has 0 N–H and O–H groups in total. The molecule has 9 heteroatoms. The van der Waals surface area contributed by atoms with Crippen molar-refractivity contribution in [1.82, 2.24) is 0 Å². The largest absolute Gasteiger partial charge is 0.424 e. The summed E-state index contributed by atoms with van der Waals surface area (Å²) in [6.07, 6.45) is -5.08. The normalized spacial score (nSPS) is 10.8. The van der Waals surface area contributed by atoms with Crippen LogP contribution in [0.25, 0.3) is 0 Å². The van der Waals surface area contributed by atoms with Crippen LogP contribution in [0.3, 0.4) is 0 Å². The lowest BCUT2D eigenvalue weighted by Crippen LogP contribution is -2.12. The van der Waals surface area contributed by atoms with Crippen molar-refractivity contribution in [3.63, 3.8) is 0 Å². The van der Waals surface area contributed by atoms with Gasteiger partial charge < -0.3 is 0 Å². The van der Waals surface area contributed by atoms with E-state index in [1.807, 2.05) is 0 Å². The monoisotopic (exact) mass is 278 g/mol. The molecular formula is C9H2ClF3N2O3. The summed E-state index contributed by atoms with van der Waals surface area (Å²) in [4.78, 5) is 20.0. The number of nitriles is 1. The average Bonchev–Trinajstić information content (AvgIpc) is 2.25. The van der Waals surface area contributed by atoms with Crippen molar-refractivity contribution in [1.29, 1.82) is 5.26 Å². The van der Waals surface area contributed by atoms with Crippen molar-refractivity contribution in [2.24, 2.45) is 0 Å². The standard InChI is InChI=1S/C9H2ClF3N2O3/c10-8(16)4-1-5(3-14)7(9(11,12)13)6(2-4)15(17)18/h1-2H. The number of carbonyl (C=O) groups is 1. The summed E-state index contributed by atoms with van der Waals surface area (Å²) in [5.74, 6) is 0. The van der Waals surface area contributed by atoms with Crippen molar-refractivity contribution in [3.8, 4) is 6.07 Å². The Kier molecular flexibility index (Phi) is 3.57. The fraction of sp³-hybridized carbons (Fsp3) is 0.111. The molecule has 0 radical (unpaired) electrons. The summed E-state index contributed by atoms with van der Waals surface area (Å²) in [5, 5.41) is 17.9. The molecule has 0 amide bonds. The molecule has 0 fully saturated rings. The Hall–Kier alpha value is -2.14. The van der Waals surface area contributed by atoms with Gasteiger partial charge in [-0.25, -0.2) is 0 Å². The van der Waals surface area contributed by atoms with Crippen molar-refractivity contribution in [2.75, 3.05) is 0 Å². The molecule has 0 heterocycles. The lowest BCUT2D eigenvalue weighted by molar-refractivity contribution is -0.388. The van der Waals surface area contributed by atoms with E-state index < -0.39 is 38.7 Å². The Labute approximate surface area is 103 Å². The van der Waals surface area contributed by atoms with Crippen LogP contribution in [-0.2, 0) is 6.18 Å². The zero-order valence-electron chi connectivity index (χ0n) is 8.29. The third kappa shape index (κ3) is 2.57. The highest BCUT2D eigenvalue weighted by atomic mass is 35.5. The Morgan fingerprint density at radius 1 is 1.44 bits per heavy atom. The molecule has 0 spiro atoms. The summed E-state index contributed by atoms with van der Waals surface area (Å²) in [6.45, 7) is 0. The van der Waals surface area contributed by atoms with Gasteiger partial charge in [-0.3, -0.25) is 14.9 Å². The fourth-order valence-corrected chi connectivity index (χ4v) is 1.38. The van der Waals surface area contributed by atoms with E-state index in [0.29, 0.717) is 12.1 Å². The molecule has 18 heavy (non-hydrogen) atoms. The summed E-state index contributed by atoms with van der Waals surface area (Å²) in [5.41, 5.74) is -4.66. The van der Waals surface area contributed by atoms with E-state index in [1.165, 1.54) is 0 Å². The predicted molar refractivity (Wildman–Crippen MR) is 53.0 cm³/mol. The molecule has 0 aliphatic rings. The summed E-state index contributed by atoms with van der Waals surface area (Å²) in [6, 6.07) is 2.11. The fourth-order valence-electron chi connectivity index (χ4n) is 1.27. The topological polar surface area (TPSA) is 84.0 Å². The number of benzene rings is 1. The molecular weight excluding hydrogens is 277 g/mol. The number of alkyl halides is 3. The van der Waals surface area contributed by atoms with Crippen molar-refractivity contribution in [2.45, 2.75) is 6.18 Å². The first-order valence-corrected chi connectivity index (χ1v) is 4.56. The van der Waals surface area contributed by atoms with Crippen LogP contribution in [0.4, 0.5) is 18.9 Å². The SMILES string of the molecule is N#Cc1cc(C(=O)Cl)cc([N+](=O)[O-])c1C(F)(F)F. The second-order valence-electron chi connectivity index (χ2n) is 3.06. The van der Waals surface area contributed by atoms with E-state index in [-0.39, 0.29) is 0 Å². The van der Waals surface area contributed by atoms with Crippen LogP contribution in [0.2, 0.25) is 0 Å².